The summed E-state index contributed by atoms with van der Waals surface area (Å²) < 4.78 is 5.41. The van der Waals surface area contributed by atoms with E-state index >= 15 is 0 Å². The molecule has 2 aromatic rings. The van der Waals surface area contributed by atoms with Crippen LogP contribution in [0.3, 0.4) is 0 Å². The molecule has 1 atom stereocenters. The predicted molar refractivity (Wildman–Crippen MR) is 64.3 cm³/mol. The average Bonchev–Trinajstić information content (AvgIpc) is 2.75. The van der Waals surface area contributed by atoms with Gasteiger partial charge in [-0.15, -0.1) is 0 Å². The van der Waals surface area contributed by atoms with Crippen molar-refractivity contribution in [1.29, 1.82) is 0 Å². The number of fused-ring (bicyclic) bond motifs is 3. The van der Waals surface area contributed by atoms with Crippen molar-refractivity contribution >= 4 is 16.9 Å². The number of benzene rings is 1. The highest BCUT2D eigenvalue weighted by atomic mass is 16.5. The molecule has 5 heteroatoms. The quantitative estimate of drug-likeness (QED) is 0.748. The maximum Gasteiger partial charge on any atom is 0.337 e. The van der Waals surface area contributed by atoms with Crippen LogP contribution in [0.4, 0.5) is 0 Å². The van der Waals surface area contributed by atoms with Gasteiger partial charge < -0.3 is 19.9 Å². The van der Waals surface area contributed by atoms with E-state index in [-0.39, 0.29) is 0 Å². The molecule has 1 aliphatic heterocycles. The zero-order valence-corrected chi connectivity index (χ0v) is 9.64. The number of hydrogen-bond donors (Lipinski definition) is 3. The normalized spacial score (nSPS) is 16.5. The first-order chi connectivity index (χ1) is 8.66. The van der Waals surface area contributed by atoms with Gasteiger partial charge in [-0.1, -0.05) is 6.07 Å². The number of carboxylic acids is 1. The van der Waals surface area contributed by atoms with E-state index in [0.29, 0.717) is 18.8 Å². The van der Waals surface area contributed by atoms with Crippen molar-refractivity contribution < 1.29 is 19.7 Å². The van der Waals surface area contributed by atoms with Gasteiger partial charge in [0.25, 0.3) is 0 Å². The molecule has 1 aliphatic rings. The molecular formula is C13H13NO4. The van der Waals surface area contributed by atoms with E-state index in [1.54, 1.807) is 18.2 Å². The van der Waals surface area contributed by atoms with Crippen molar-refractivity contribution in [2.75, 3.05) is 6.61 Å². The lowest BCUT2D eigenvalue weighted by atomic mass is 10.0. The van der Waals surface area contributed by atoms with Gasteiger partial charge in [0.1, 0.15) is 0 Å². The second-order valence-electron chi connectivity index (χ2n) is 4.43. The molecule has 0 fully saturated rings. The number of aromatic nitrogens is 1. The van der Waals surface area contributed by atoms with Crippen LogP contribution in [0.25, 0.3) is 10.9 Å². The van der Waals surface area contributed by atoms with Crippen LogP contribution in [0.15, 0.2) is 18.2 Å². The fourth-order valence-corrected chi connectivity index (χ4v) is 2.36. The molecule has 0 spiro atoms. The molecule has 1 aromatic heterocycles. The number of rotatable bonds is 2. The van der Waals surface area contributed by atoms with Crippen LogP contribution < -0.4 is 0 Å². The van der Waals surface area contributed by atoms with Crippen LogP contribution in [0.2, 0.25) is 0 Å². The number of aliphatic hydroxyl groups excluding tert-OH is 1. The summed E-state index contributed by atoms with van der Waals surface area (Å²) in [6.07, 6.45) is -0.648. The second-order valence-corrected chi connectivity index (χ2v) is 4.43. The number of hydrogen-bond acceptors (Lipinski definition) is 3. The number of nitrogens with one attached hydrogen (secondary N) is 1. The zero-order chi connectivity index (χ0) is 12.7. The van der Waals surface area contributed by atoms with Gasteiger partial charge in [0.2, 0.25) is 0 Å². The Morgan fingerprint density at radius 3 is 3.06 bits per heavy atom. The molecule has 0 aliphatic carbocycles. The van der Waals surface area contributed by atoms with Gasteiger partial charge in [-0.25, -0.2) is 4.79 Å². The Hall–Kier alpha value is -1.85. The summed E-state index contributed by atoms with van der Waals surface area (Å²) in [6, 6.07) is 5.15. The molecular weight excluding hydrogens is 234 g/mol. The summed E-state index contributed by atoms with van der Waals surface area (Å²) in [5, 5.41) is 19.3. The third-order valence-corrected chi connectivity index (χ3v) is 3.31. The third kappa shape index (κ3) is 1.68. The lowest BCUT2D eigenvalue weighted by Crippen LogP contribution is -2.10. The van der Waals surface area contributed by atoms with Crippen molar-refractivity contribution in [3.63, 3.8) is 0 Å². The van der Waals surface area contributed by atoms with Crippen LogP contribution in [0.1, 0.15) is 22.9 Å². The summed E-state index contributed by atoms with van der Waals surface area (Å²) in [7, 11) is 0. The van der Waals surface area contributed by atoms with Gasteiger partial charge in [0.05, 0.1) is 13.2 Å². The topological polar surface area (TPSA) is 82.5 Å². The fraction of sp³-hybridized carbons (Fsp3) is 0.308. The molecule has 5 nitrogen and oxygen atoms in total. The monoisotopic (exact) mass is 247 g/mol. The molecule has 3 N–H and O–H groups in total. The van der Waals surface area contributed by atoms with Crippen molar-refractivity contribution in [3.05, 3.63) is 35.0 Å². The SMILES string of the molecule is O=C(O)C(O)c1ccc2[nH]c3c(c2c1)COCC3. The maximum absolute atomic E-state index is 10.8. The smallest absolute Gasteiger partial charge is 0.337 e. The van der Waals surface area contributed by atoms with Gasteiger partial charge in [0, 0.05) is 28.6 Å². The molecule has 3 rings (SSSR count). The number of aromatic amines is 1. The van der Waals surface area contributed by atoms with Crippen LogP contribution in [-0.4, -0.2) is 27.8 Å². The molecule has 0 saturated heterocycles. The summed E-state index contributed by atoms with van der Waals surface area (Å²) in [4.78, 5) is 14.1. The minimum absolute atomic E-state index is 0.391. The van der Waals surface area contributed by atoms with Gasteiger partial charge in [-0.05, 0) is 17.7 Å². The summed E-state index contributed by atoms with van der Waals surface area (Å²) in [5.41, 5.74) is 3.54. The molecule has 0 saturated carbocycles. The number of ether oxygens (including phenoxy) is 1. The van der Waals surface area contributed by atoms with Gasteiger partial charge in [0.15, 0.2) is 6.10 Å². The maximum atomic E-state index is 10.8. The Bertz CT molecular complexity index is 617. The second kappa shape index (κ2) is 4.12. The standard InChI is InChI=1S/C13H13NO4/c15-12(13(16)17)7-1-2-10-8(5-7)9-6-18-4-3-11(9)14-10/h1-2,5,12,14-15H,3-4,6H2,(H,16,17). The van der Waals surface area contributed by atoms with Crippen molar-refractivity contribution in [2.24, 2.45) is 0 Å². The van der Waals surface area contributed by atoms with Gasteiger partial charge in [-0.2, -0.15) is 0 Å². The third-order valence-electron chi connectivity index (χ3n) is 3.31. The molecule has 1 aromatic carbocycles. The van der Waals surface area contributed by atoms with Crippen LogP contribution in [-0.2, 0) is 22.6 Å². The highest BCUT2D eigenvalue weighted by molar-refractivity contribution is 5.87. The Kier molecular flexibility index (Phi) is 2.57. The van der Waals surface area contributed by atoms with E-state index < -0.39 is 12.1 Å². The van der Waals surface area contributed by atoms with E-state index in [1.807, 2.05) is 0 Å². The number of carboxylic acid groups (broad SMARTS) is 1. The number of H-pyrrole nitrogens is 1. The highest BCUT2D eigenvalue weighted by Gasteiger charge is 2.20. The first kappa shape index (κ1) is 11.3. The van der Waals surface area contributed by atoms with E-state index in [1.165, 1.54) is 0 Å². The van der Waals surface area contributed by atoms with Crippen LogP contribution >= 0.6 is 0 Å². The molecule has 94 valence electrons. The predicted octanol–water partition coefficient (Wildman–Crippen LogP) is 1.36. The van der Waals surface area contributed by atoms with Gasteiger partial charge >= 0.3 is 5.97 Å². The number of aliphatic hydroxyl groups is 1. The van der Waals surface area contributed by atoms with E-state index in [2.05, 4.69) is 4.98 Å². The summed E-state index contributed by atoms with van der Waals surface area (Å²) in [5.74, 6) is -1.24. The van der Waals surface area contributed by atoms with Crippen LogP contribution in [0, 0.1) is 0 Å². The molecule has 0 radical (unpaired) electrons. The van der Waals surface area contributed by atoms with E-state index in [4.69, 9.17) is 9.84 Å². The van der Waals surface area contributed by atoms with E-state index in [0.717, 1.165) is 28.6 Å². The zero-order valence-electron chi connectivity index (χ0n) is 9.64. The van der Waals surface area contributed by atoms with Crippen molar-refractivity contribution in [2.45, 2.75) is 19.1 Å². The van der Waals surface area contributed by atoms with Crippen LogP contribution in [0.5, 0.6) is 0 Å². The first-order valence-corrected chi connectivity index (χ1v) is 5.79. The Labute approximate surface area is 103 Å². The minimum Gasteiger partial charge on any atom is -0.479 e. The lowest BCUT2D eigenvalue weighted by Gasteiger charge is -2.12. The Balaban J connectivity index is 2.13. The molecule has 2 heterocycles. The summed E-state index contributed by atoms with van der Waals surface area (Å²) in [6.45, 7) is 1.23. The Morgan fingerprint density at radius 2 is 2.28 bits per heavy atom. The first-order valence-electron chi connectivity index (χ1n) is 5.79. The number of carbonyl (C=O) groups is 1. The Morgan fingerprint density at radius 1 is 1.44 bits per heavy atom. The van der Waals surface area contributed by atoms with Crippen molar-refractivity contribution in [3.8, 4) is 0 Å². The average molecular weight is 247 g/mol. The highest BCUT2D eigenvalue weighted by Crippen LogP contribution is 2.29. The largest absolute Gasteiger partial charge is 0.479 e. The van der Waals surface area contributed by atoms with E-state index in [9.17, 15) is 9.90 Å². The van der Waals surface area contributed by atoms with Crippen molar-refractivity contribution in [1.82, 2.24) is 4.98 Å². The number of aliphatic carboxylic acids is 1. The molecule has 0 bridgehead atoms. The molecule has 0 amide bonds. The molecule has 1 unspecified atom stereocenters. The minimum atomic E-state index is -1.48. The summed E-state index contributed by atoms with van der Waals surface area (Å²) >= 11 is 0. The fourth-order valence-electron chi connectivity index (χ4n) is 2.36. The van der Waals surface area contributed by atoms with Gasteiger partial charge in [-0.3, -0.25) is 0 Å². The lowest BCUT2D eigenvalue weighted by molar-refractivity contribution is -0.146. The molecule has 18 heavy (non-hydrogen) atoms.